The van der Waals surface area contributed by atoms with E-state index in [2.05, 4.69) is 5.32 Å². The van der Waals surface area contributed by atoms with Crippen molar-refractivity contribution in [3.8, 4) is 5.75 Å². The Morgan fingerprint density at radius 1 is 1.17 bits per heavy atom. The third-order valence-corrected chi connectivity index (χ3v) is 6.86. The van der Waals surface area contributed by atoms with E-state index in [4.69, 9.17) is 11.6 Å². The zero-order valence-electron chi connectivity index (χ0n) is 18.4. The van der Waals surface area contributed by atoms with Crippen LogP contribution in [-0.4, -0.2) is 28.0 Å². The van der Waals surface area contributed by atoms with E-state index in [0.717, 1.165) is 36.2 Å². The predicted molar refractivity (Wildman–Crippen MR) is 125 cm³/mol. The number of para-hydroxylation sites is 1. The lowest BCUT2D eigenvalue weighted by atomic mass is 9.95. The van der Waals surface area contributed by atoms with Gasteiger partial charge in [0.1, 0.15) is 22.2 Å². The van der Waals surface area contributed by atoms with E-state index in [0.29, 0.717) is 13.0 Å². The Bertz CT molecular complexity index is 1440. The number of aryl methyl sites for hydroxylation is 1. The number of anilines is 1. The van der Waals surface area contributed by atoms with Gasteiger partial charge in [0.2, 0.25) is 5.43 Å². The fraction of sp³-hybridized carbons (Fsp3) is 0.240. The van der Waals surface area contributed by atoms with E-state index in [1.54, 1.807) is 4.90 Å². The molecule has 2 aliphatic rings. The van der Waals surface area contributed by atoms with Gasteiger partial charge in [0.05, 0.1) is 6.04 Å². The first kappa shape index (κ1) is 23.0. The van der Waals surface area contributed by atoms with E-state index in [1.165, 1.54) is 10.8 Å². The second-order valence-electron chi connectivity index (χ2n) is 8.58. The van der Waals surface area contributed by atoms with Crippen molar-refractivity contribution in [2.75, 3.05) is 11.4 Å². The molecule has 0 saturated heterocycles. The third-order valence-electron chi connectivity index (χ3n) is 6.51. The minimum absolute atomic E-state index is 0.0727. The van der Waals surface area contributed by atoms with Gasteiger partial charge in [-0.05, 0) is 37.0 Å². The molecule has 1 aromatic heterocycles. The summed E-state index contributed by atoms with van der Waals surface area (Å²) in [7, 11) is 0. The van der Waals surface area contributed by atoms with Crippen LogP contribution in [0.25, 0.3) is 0 Å². The second-order valence-corrected chi connectivity index (χ2v) is 8.96. The van der Waals surface area contributed by atoms with E-state index >= 15 is 0 Å². The van der Waals surface area contributed by atoms with Gasteiger partial charge >= 0.3 is 0 Å². The Kier molecular flexibility index (Phi) is 5.80. The molecule has 2 aliphatic heterocycles. The molecule has 2 N–H and O–H groups in total. The maximum atomic E-state index is 14.2. The molecule has 0 fully saturated rings. The lowest BCUT2D eigenvalue weighted by Crippen LogP contribution is -2.46. The third kappa shape index (κ3) is 3.85. The summed E-state index contributed by atoms with van der Waals surface area (Å²) in [5, 5.41) is 12.4. The van der Waals surface area contributed by atoms with Crippen molar-refractivity contribution < 1.29 is 23.5 Å². The number of rotatable bonds is 3. The average Bonchev–Trinajstić information content (AvgIpc) is 2.84. The van der Waals surface area contributed by atoms with Crippen LogP contribution in [0.15, 0.2) is 47.4 Å². The van der Waals surface area contributed by atoms with Crippen molar-refractivity contribution in [1.29, 1.82) is 0 Å². The fourth-order valence-corrected chi connectivity index (χ4v) is 4.90. The second kappa shape index (κ2) is 8.81. The number of fused-ring (bicyclic) bond motifs is 6. The Morgan fingerprint density at radius 3 is 2.74 bits per heavy atom. The number of nitrogens with one attached hydrogen (secondary N) is 1. The topological polar surface area (TPSA) is 91.6 Å². The molecule has 2 aromatic carbocycles. The SMILES string of the molecule is O=C(NCc1ccc(F)c(Cl)c1F)c1cn2c(c(O)c1=O)C(=O)N1C[C@@H]2CCCc2ccccc21. The van der Waals surface area contributed by atoms with Crippen LogP contribution >= 0.6 is 11.6 Å². The molecule has 7 nitrogen and oxygen atoms in total. The molecule has 3 heterocycles. The Balaban J connectivity index is 1.50. The zero-order chi connectivity index (χ0) is 24.9. The molecule has 2 amide bonds. The predicted octanol–water partition coefficient (Wildman–Crippen LogP) is 3.95. The number of aromatic hydroxyl groups is 1. The summed E-state index contributed by atoms with van der Waals surface area (Å²) in [6.45, 7) is -0.0367. The van der Waals surface area contributed by atoms with Gasteiger partial charge in [-0.15, -0.1) is 0 Å². The van der Waals surface area contributed by atoms with Crippen LogP contribution in [0.3, 0.4) is 0 Å². The van der Waals surface area contributed by atoms with E-state index in [1.807, 2.05) is 24.3 Å². The van der Waals surface area contributed by atoms with Crippen molar-refractivity contribution in [3.63, 3.8) is 0 Å². The van der Waals surface area contributed by atoms with Crippen molar-refractivity contribution in [1.82, 2.24) is 9.88 Å². The van der Waals surface area contributed by atoms with E-state index in [9.17, 15) is 28.3 Å². The molecule has 0 unspecified atom stereocenters. The number of nitrogens with zero attached hydrogens (tertiary/aromatic N) is 2. The molecule has 2 bridgehead atoms. The van der Waals surface area contributed by atoms with Crippen LogP contribution in [0.5, 0.6) is 5.75 Å². The number of aromatic nitrogens is 1. The van der Waals surface area contributed by atoms with Crippen LogP contribution in [0, 0.1) is 11.6 Å². The molecule has 0 spiro atoms. The minimum atomic E-state index is -1.02. The first-order valence-corrected chi connectivity index (χ1v) is 11.4. The van der Waals surface area contributed by atoms with Crippen LogP contribution in [0.1, 0.15) is 50.9 Å². The molecule has 35 heavy (non-hydrogen) atoms. The van der Waals surface area contributed by atoms with Crippen molar-refractivity contribution in [2.24, 2.45) is 0 Å². The summed E-state index contributed by atoms with van der Waals surface area (Å²) >= 11 is 5.58. The number of pyridine rings is 1. The zero-order valence-corrected chi connectivity index (χ0v) is 19.1. The molecule has 5 rings (SSSR count). The highest BCUT2D eigenvalue weighted by molar-refractivity contribution is 6.31. The summed E-state index contributed by atoms with van der Waals surface area (Å²) in [4.78, 5) is 40.6. The maximum absolute atomic E-state index is 14.2. The Morgan fingerprint density at radius 2 is 1.94 bits per heavy atom. The average molecular weight is 500 g/mol. The van der Waals surface area contributed by atoms with Crippen molar-refractivity contribution in [2.45, 2.75) is 31.8 Å². The molecule has 10 heteroatoms. The van der Waals surface area contributed by atoms with Crippen LogP contribution in [0.4, 0.5) is 14.5 Å². The van der Waals surface area contributed by atoms with Crippen LogP contribution in [-0.2, 0) is 13.0 Å². The maximum Gasteiger partial charge on any atom is 0.279 e. The Hall–Kier alpha value is -3.72. The summed E-state index contributed by atoms with van der Waals surface area (Å²) in [6.07, 6.45) is 3.50. The number of carbonyl (C=O) groups excluding carboxylic acids is 2. The van der Waals surface area contributed by atoms with Gasteiger partial charge in [0, 0.05) is 30.5 Å². The molecule has 0 aliphatic carbocycles. The van der Waals surface area contributed by atoms with Crippen molar-refractivity contribution >= 4 is 29.1 Å². The standard InChI is InChI=1S/C25H20ClF2N3O4/c26-19-17(27)9-8-14(20(19)28)10-29-24(34)16-12-30-15-6-3-5-13-4-1-2-7-18(13)31(11-15)25(35)21(30)23(33)22(16)32/h1-2,4,7-9,12,15,33H,3,5-6,10-11H2,(H,29,34)/t15-/m0/s1. The smallest absolute Gasteiger partial charge is 0.279 e. The largest absolute Gasteiger partial charge is 0.503 e. The fourth-order valence-electron chi connectivity index (χ4n) is 4.72. The number of hydrogen-bond acceptors (Lipinski definition) is 4. The molecule has 180 valence electrons. The lowest BCUT2D eigenvalue weighted by Gasteiger charge is -2.39. The van der Waals surface area contributed by atoms with Gasteiger partial charge in [-0.25, -0.2) is 8.78 Å². The van der Waals surface area contributed by atoms with E-state index in [-0.39, 0.29) is 29.4 Å². The van der Waals surface area contributed by atoms with Crippen LogP contribution < -0.4 is 15.6 Å². The Labute approximate surface area is 203 Å². The number of hydrogen-bond donors (Lipinski definition) is 2. The minimum Gasteiger partial charge on any atom is -0.503 e. The molecule has 1 atom stereocenters. The first-order chi connectivity index (χ1) is 16.8. The summed E-state index contributed by atoms with van der Waals surface area (Å²) in [6, 6.07) is 9.36. The number of carbonyl (C=O) groups is 2. The van der Waals surface area contributed by atoms with Gasteiger partial charge in [-0.2, -0.15) is 0 Å². The molecule has 0 saturated carbocycles. The quantitative estimate of drug-likeness (QED) is 0.534. The highest BCUT2D eigenvalue weighted by Crippen LogP contribution is 2.36. The molecule has 3 aromatic rings. The number of benzene rings is 2. The normalized spacial score (nSPS) is 16.7. The van der Waals surface area contributed by atoms with Gasteiger partial charge < -0.3 is 19.9 Å². The molecular formula is C25H20ClF2N3O4. The van der Waals surface area contributed by atoms with Gasteiger partial charge in [0.15, 0.2) is 11.4 Å². The molecular weight excluding hydrogens is 480 g/mol. The lowest BCUT2D eigenvalue weighted by molar-refractivity contribution is 0.0927. The number of halogens is 3. The highest BCUT2D eigenvalue weighted by Gasteiger charge is 2.37. The summed E-state index contributed by atoms with van der Waals surface area (Å²) in [5.41, 5.74) is 0.113. The van der Waals surface area contributed by atoms with Gasteiger partial charge in [-0.3, -0.25) is 14.4 Å². The summed E-state index contributed by atoms with van der Waals surface area (Å²) in [5.74, 6) is -4.16. The monoisotopic (exact) mass is 499 g/mol. The first-order valence-electron chi connectivity index (χ1n) is 11.1. The highest BCUT2D eigenvalue weighted by atomic mass is 35.5. The van der Waals surface area contributed by atoms with Crippen molar-refractivity contribution in [3.05, 3.63) is 91.9 Å². The van der Waals surface area contributed by atoms with E-state index < -0.39 is 39.6 Å². The van der Waals surface area contributed by atoms with Crippen LogP contribution in [0.2, 0.25) is 5.02 Å². The number of amides is 2. The van der Waals surface area contributed by atoms with Gasteiger partial charge in [0.25, 0.3) is 11.8 Å². The molecule has 0 radical (unpaired) electrons. The summed E-state index contributed by atoms with van der Waals surface area (Å²) < 4.78 is 29.1. The van der Waals surface area contributed by atoms with Gasteiger partial charge in [-0.1, -0.05) is 35.9 Å².